The number of amides is 2. The Kier molecular flexibility index (Phi) is 8.06. The number of nitro groups is 1. The second-order valence-corrected chi connectivity index (χ2v) is 11.4. The zero-order valence-electron chi connectivity index (χ0n) is 22.0. The molecule has 1 aliphatic heterocycles. The van der Waals surface area contributed by atoms with Crippen LogP contribution in [0.15, 0.2) is 84.9 Å². The molecule has 5 rings (SSSR count). The number of nitrogens with two attached hydrogens (primary N) is 1. The molecule has 0 bridgehead atoms. The van der Waals surface area contributed by atoms with Crippen LogP contribution in [0.3, 0.4) is 0 Å². The van der Waals surface area contributed by atoms with Gasteiger partial charge < -0.3 is 15.4 Å². The standard InChI is InChI=1S/C30H23ClFN3O6S/c1-41-21-10-4-5-16(15-21)24-25(28(36)22-11-12-23(31)42-22)26(17-6-3-9-20(14-17)35(39)40)34(27(24)29(33)37)30(38)18-7-2-8-19(32)13-18/h2-15,24-27H,1H3,(H2,33,37). The molecule has 1 fully saturated rings. The Balaban J connectivity index is 1.81. The number of ketones is 1. The second kappa shape index (κ2) is 11.7. The van der Waals surface area contributed by atoms with Crippen molar-refractivity contribution in [1.82, 2.24) is 4.90 Å². The van der Waals surface area contributed by atoms with E-state index in [1.54, 1.807) is 36.4 Å². The van der Waals surface area contributed by atoms with Crippen LogP contribution in [-0.2, 0) is 4.79 Å². The maximum Gasteiger partial charge on any atom is 0.269 e. The number of rotatable bonds is 8. The van der Waals surface area contributed by atoms with E-state index in [2.05, 4.69) is 0 Å². The van der Waals surface area contributed by atoms with Gasteiger partial charge in [0.05, 0.1) is 33.2 Å². The van der Waals surface area contributed by atoms with Crippen LogP contribution in [0.2, 0.25) is 4.34 Å². The molecule has 1 saturated heterocycles. The number of non-ortho nitro benzene ring substituents is 1. The van der Waals surface area contributed by atoms with Gasteiger partial charge in [0.25, 0.3) is 11.6 Å². The minimum atomic E-state index is -1.40. The van der Waals surface area contributed by atoms with E-state index < -0.39 is 52.3 Å². The first-order valence-corrected chi connectivity index (χ1v) is 13.9. The summed E-state index contributed by atoms with van der Waals surface area (Å²) in [6.07, 6.45) is 0. The van der Waals surface area contributed by atoms with Gasteiger partial charge in [0.15, 0.2) is 5.78 Å². The third-order valence-electron chi connectivity index (χ3n) is 7.28. The van der Waals surface area contributed by atoms with Gasteiger partial charge in [-0.05, 0) is 53.6 Å². The normalized spacial score (nSPS) is 19.8. The van der Waals surface area contributed by atoms with Crippen LogP contribution in [0.25, 0.3) is 0 Å². The van der Waals surface area contributed by atoms with E-state index in [4.69, 9.17) is 22.1 Å². The van der Waals surface area contributed by atoms with E-state index in [0.29, 0.717) is 15.6 Å². The summed E-state index contributed by atoms with van der Waals surface area (Å²) in [6.45, 7) is 0. The second-order valence-electron chi connectivity index (χ2n) is 9.66. The molecule has 2 N–H and O–H groups in total. The van der Waals surface area contributed by atoms with Crippen molar-refractivity contribution in [2.24, 2.45) is 11.7 Å². The summed E-state index contributed by atoms with van der Waals surface area (Å²) in [6, 6.07) is 17.6. The van der Waals surface area contributed by atoms with E-state index in [9.17, 15) is 28.9 Å². The van der Waals surface area contributed by atoms with Crippen molar-refractivity contribution >= 4 is 46.2 Å². The summed E-state index contributed by atoms with van der Waals surface area (Å²) < 4.78 is 20.0. The number of nitro benzene ring substituents is 1. The highest BCUT2D eigenvalue weighted by Gasteiger charge is 2.57. The molecule has 0 saturated carbocycles. The summed E-state index contributed by atoms with van der Waals surface area (Å²) in [4.78, 5) is 54.4. The lowest BCUT2D eigenvalue weighted by Gasteiger charge is -2.31. The fraction of sp³-hybridized carbons (Fsp3) is 0.167. The van der Waals surface area contributed by atoms with Gasteiger partial charge in [0, 0.05) is 23.6 Å². The van der Waals surface area contributed by atoms with E-state index >= 15 is 0 Å². The molecule has 42 heavy (non-hydrogen) atoms. The predicted octanol–water partition coefficient (Wildman–Crippen LogP) is 5.79. The number of benzene rings is 3. The molecule has 12 heteroatoms. The Hall–Kier alpha value is -4.61. The van der Waals surface area contributed by atoms with Crippen molar-refractivity contribution in [3.8, 4) is 5.75 Å². The first kappa shape index (κ1) is 28.9. The molecule has 214 valence electrons. The highest BCUT2D eigenvalue weighted by molar-refractivity contribution is 7.18. The molecule has 4 atom stereocenters. The van der Waals surface area contributed by atoms with Crippen molar-refractivity contribution in [3.63, 3.8) is 0 Å². The lowest BCUT2D eigenvalue weighted by atomic mass is 9.77. The molecule has 3 aromatic carbocycles. The van der Waals surface area contributed by atoms with Crippen molar-refractivity contribution in [3.05, 3.63) is 127 Å². The third-order valence-corrected chi connectivity index (χ3v) is 8.53. The van der Waals surface area contributed by atoms with E-state index in [1.807, 2.05) is 0 Å². The Morgan fingerprint density at radius 2 is 1.71 bits per heavy atom. The Morgan fingerprint density at radius 3 is 2.36 bits per heavy atom. The van der Waals surface area contributed by atoms with E-state index in [1.165, 1.54) is 43.5 Å². The van der Waals surface area contributed by atoms with Gasteiger partial charge in [-0.2, -0.15) is 0 Å². The highest BCUT2D eigenvalue weighted by Crippen LogP contribution is 2.52. The average Bonchev–Trinajstić information content (AvgIpc) is 3.58. The van der Waals surface area contributed by atoms with Crippen LogP contribution >= 0.6 is 22.9 Å². The van der Waals surface area contributed by atoms with E-state index in [-0.39, 0.29) is 21.7 Å². The number of primary amides is 1. The lowest BCUT2D eigenvalue weighted by molar-refractivity contribution is -0.385. The zero-order valence-corrected chi connectivity index (χ0v) is 23.6. The van der Waals surface area contributed by atoms with Crippen LogP contribution in [-0.4, -0.2) is 40.6 Å². The van der Waals surface area contributed by atoms with Crippen molar-refractivity contribution in [2.75, 3.05) is 7.11 Å². The molecule has 2 amide bonds. The summed E-state index contributed by atoms with van der Waals surface area (Å²) in [5.41, 5.74) is 6.31. The summed E-state index contributed by atoms with van der Waals surface area (Å²) in [7, 11) is 1.46. The molecule has 4 unspecified atom stereocenters. The van der Waals surface area contributed by atoms with E-state index in [0.717, 1.165) is 28.4 Å². The van der Waals surface area contributed by atoms with Gasteiger partial charge in [-0.1, -0.05) is 41.9 Å². The van der Waals surface area contributed by atoms with Gasteiger partial charge in [-0.25, -0.2) is 4.39 Å². The molecular formula is C30H23ClFN3O6S. The minimum Gasteiger partial charge on any atom is -0.497 e. The molecule has 4 aromatic rings. The Labute approximate surface area is 248 Å². The van der Waals surface area contributed by atoms with Gasteiger partial charge in [-0.15, -0.1) is 11.3 Å². The molecule has 1 aliphatic rings. The SMILES string of the molecule is COc1cccc(C2C(C(=O)c3ccc(Cl)s3)C(c3cccc([N+](=O)[O-])c3)N(C(=O)c3cccc(F)c3)C2C(N)=O)c1. The van der Waals surface area contributed by atoms with Gasteiger partial charge in [-0.3, -0.25) is 24.5 Å². The van der Waals surface area contributed by atoms with Crippen molar-refractivity contribution in [2.45, 2.75) is 18.0 Å². The molecule has 0 spiro atoms. The van der Waals surface area contributed by atoms with Gasteiger partial charge >= 0.3 is 0 Å². The van der Waals surface area contributed by atoms with Crippen LogP contribution in [0.1, 0.15) is 43.1 Å². The number of Topliss-reactive ketones (excluding diaryl/α,β-unsaturated/α-hetero) is 1. The smallest absolute Gasteiger partial charge is 0.269 e. The number of hydrogen-bond acceptors (Lipinski definition) is 7. The van der Waals surface area contributed by atoms with Crippen LogP contribution in [0.5, 0.6) is 5.75 Å². The maximum atomic E-state index is 14.4. The Morgan fingerprint density at radius 1 is 1.00 bits per heavy atom. The zero-order chi connectivity index (χ0) is 30.1. The maximum absolute atomic E-state index is 14.4. The number of hydrogen-bond donors (Lipinski definition) is 1. The largest absolute Gasteiger partial charge is 0.497 e. The number of carbonyl (C=O) groups excluding carboxylic acids is 3. The fourth-order valence-electron chi connectivity index (χ4n) is 5.60. The van der Waals surface area contributed by atoms with Crippen LogP contribution in [0, 0.1) is 21.8 Å². The number of halogens is 2. The number of nitrogens with zero attached hydrogens (tertiary/aromatic N) is 2. The van der Waals surface area contributed by atoms with Gasteiger partial charge in [0.2, 0.25) is 5.91 Å². The number of thiophene rings is 1. The highest BCUT2D eigenvalue weighted by atomic mass is 35.5. The minimum absolute atomic E-state index is 0.0895. The topological polar surface area (TPSA) is 133 Å². The molecule has 0 aliphatic carbocycles. The number of likely N-dealkylation sites (tertiary alicyclic amines) is 1. The van der Waals surface area contributed by atoms with Crippen molar-refractivity contribution < 1.29 is 28.4 Å². The summed E-state index contributed by atoms with van der Waals surface area (Å²) in [5.74, 6) is -4.55. The summed E-state index contributed by atoms with van der Waals surface area (Å²) >= 11 is 7.19. The molecule has 9 nitrogen and oxygen atoms in total. The van der Waals surface area contributed by atoms with Gasteiger partial charge in [0.1, 0.15) is 17.6 Å². The lowest BCUT2D eigenvalue weighted by Crippen LogP contribution is -2.46. The molecule has 2 heterocycles. The molecule has 1 aromatic heterocycles. The average molecular weight is 608 g/mol. The predicted molar refractivity (Wildman–Crippen MR) is 154 cm³/mol. The Bertz CT molecular complexity index is 1710. The molecular weight excluding hydrogens is 585 g/mol. The number of methoxy groups -OCH3 is 1. The first-order valence-electron chi connectivity index (χ1n) is 12.7. The monoisotopic (exact) mass is 607 g/mol. The quantitative estimate of drug-likeness (QED) is 0.153. The van der Waals surface area contributed by atoms with Crippen molar-refractivity contribution in [1.29, 1.82) is 0 Å². The fourth-order valence-corrected chi connectivity index (χ4v) is 6.63. The van der Waals surface area contributed by atoms with Crippen LogP contribution in [0.4, 0.5) is 10.1 Å². The third kappa shape index (κ3) is 5.36. The first-order chi connectivity index (χ1) is 20.1. The summed E-state index contributed by atoms with van der Waals surface area (Å²) in [5, 5.41) is 11.7. The molecule has 0 radical (unpaired) electrons. The number of carbonyl (C=O) groups is 3. The number of ether oxygens (including phenoxy) is 1. The van der Waals surface area contributed by atoms with Crippen LogP contribution < -0.4 is 10.5 Å².